The Morgan fingerprint density at radius 2 is 2.43 bits per heavy atom. The topological polar surface area (TPSA) is 61.0 Å². The van der Waals surface area contributed by atoms with E-state index in [0.29, 0.717) is 11.8 Å². The van der Waals surface area contributed by atoms with Gasteiger partial charge in [-0.2, -0.15) is 0 Å². The molecule has 4 heteroatoms. The van der Waals surface area contributed by atoms with Crippen LogP contribution in [-0.2, 0) is 5.54 Å². The summed E-state index contributed by atoms with van der Waals surface area (Å²) in [5.74, 6) is 1.14. The molecule has 2 atom stereocenters. The highest BCUT2D eigenvalue weighted by atomic mass is 16.5. The monoisotopic (exact) mass is 193 g/mol. The third-order valence-corrected chi connectivity index (χ3v) is 2.97. The van der Waals surface area contributed by atoms with Crippen LogP contribution in [-0.4, -0.2) is 17.1 Å². The standard InChI is InChI=1S/C10H15N3O/c1-3-7-5-10(7,11)8-4-9(14-2)13-6-12-8/h4,6-7H,3,5,11H2,1-2H3. The van der Waals surface area contributed by atoms with Crippen LogP contribution in [0.3, 0.4) is 0 Å². The first kappa shape index (κ1) is 9.40. The fourth-order valence-corrected chi connectivity index (χ4v) is 1.88. The molecule has 0 saturated heterocycles. The number of nitrogens with two attached hydrogens (primary N) is 1. The Kier molecular flexibility index (Phi) is 2.15. The molecule has 1 fully saturated rings. The molecule has 1 aliphatic carbocycles. The summed E-state index contributed by atoms with van der Waals surface area (Å²) in [6.07, 6.45) is 3.63. The number of ether oxygens (including phenoxy) is 1. The van der Waals surface area contributed by atoms with Crippen LogP contribution >= 0.6 is 0 Å². The molecular weight excluding hydrogens is 178 g/mol. The van der Waals surface area contributed by atoms with Crippen molar-refractivity contribution in [2.75, 3.05) is 7.11 Å². The molecule has 2 rings (SSSR count). The molecule has 0 spiro atoms. The van der Waals surface area contributed by atoms with Gasteiger partial charge in [0.1, 0.15) is 6.33 Å². The maximum atomic E-state index is 6.20. The highest BCUT2D eigenvalue weighted by Crippen LogP contribution is 2.50. The van der Waals surface area contributed by atoms with Gasteiger partial charge in [-0.1, -0.05) is 13.3 Å². The van der Waals surface area contributed by atoms with Crippen LogP contribution in [0.2, 0.25) is 0 Å². The van der Waals surface area contributed by atoms with Crippen molar-refractivity contribution in [3.63, 3.8) is 0 Å². The molecule has 0 amide bonds. The van der Waals surface area contributed by atoms with E-state index in [-0.39, 0.29) is 5.54 Å². The molecule has 0 radical (unpaired) electrons. The zero-order valence-electron chi connectivity index (χ0n) is 8.53. The van der Waals surface area contributed by atoms with Gasteiger partial charge in [0.15, 0.2) is 0 Å². The van der Waals surface area contributed by atoms with E-state index in [2.05, 4.69) is 16.9 Å². The van der Waals surface area contributed by atoms with Crippen molar-refractivity contribution < 1.29 is 4.74 Å². The molecule has 76 valence electrons. The molecule has 1 aromatic heterocycles. The minimum absolute atomic E-state index is 0.231. The van der Waals surface area contributed by atoms with Crippen molar-refractivity contribution in [1.29, 1.82) is 0 Å². The van der Waals surface area contributed by atoms with Crippen molar-refractivity contribution in [2.45, 2.75) is 25.3 Å². The molecule has 1 aliphatic rings. The van der Waals surface area contributed by atoms with Gasteiger partial charge >= 0.3 is 0 Å². The van der Waals surface area contributed by atoms with Gasteiger partial charge in [-0.3, -0.25) is 0 Å². The third-order valence-electron chi connectivity index (χ3n) is 2.97. The second kappa shape index (κ2) is 3.20. The van der Waals surface area contributed by atoms with Gasteiger partial charge in [0.2, 0.25) is 5.88 Å². The fourth-order valence-electron chi connectivity index (χ4n) is 1.88. The smallest absolute Gasteiger partial charge is 0.216 e. The first-order chi connectivity index (χ1) is 6.70. The van der Waals surface area contributed by atoms with Crippen LogP contribution < -0.4 is 10.5 Å². The van der Waals surface area contributed by atoms with Crippen LogP contribution in [0, 0.1) is 5.92 Å². The number of hydrogen-bond donors (Lipinski definition) is 1. The molecular formula is C10H15N3O. The van der Waals surface area contributed by atoms with Gasteiger partial charge in [-0.05, 0) is 12.3 Å². The summed E-state index contributed by atoms with van der Waals surface area (Å²) >= 11 is 0. The summed E-state index contributed by atoms with van der Waals surface area (Å²) in [6.45, 7) is 2.15. The van der Waals surface area contributed by atoms with E-state index >= 15 is 0 Å². The van der Waals surface area contributed by atoms with E-state index in [9.17, 15) is 0 Å². The predicted molar refractivity (Wildman–Crippen MR) is 52.8 cm³/mol. The Morgan fingerprint density at radius 1 is 1.64 bits per heavy atom. The zero-order chi connectivity index (χ0) is 10.2. The molecule has 14 heavy (non-hydrogen) atoms. The lowest BCUT2D eigenvalue weighted by Gasteiger charge is -2.10. The second-order valence-electron chi connectivity index (χ2n) is 3.80. The Labute approximate surface area is 83.5 Å². The van der Waals surface area contributed by atoms with Gasteiger partial charge in [-0.25, -0.2) is 9.97 Å². The van der Waals surface area contributed by atoms with Gasteiger partial charge in [-0.15, -0.1) is 0 Å². The lowest BCUT2D eigenvalue weighted by Crippen LogP contribution is -2.23. The summed E-state index contributed by atoms with van der Waals surface area (Å²) < 4.78 is 5.04. The van der Waals surface area contributed by atoms with Crippen LogP contribution in [0.25, 0.3) is 0 Å². The van der Waals surface area contributed by atoms with Crippen molar-refractivity contribution in [2.24, 2.45) is 11.7 Å². The average molecular weight is 193 g/mol. The van der Waals surface area contributed by atoms with Crippen molar-refractivity contribution in [1.82, 2.24) is 9.97 Å². The molecule has 1 heterocycles. The SMILES string of the molecule is CCC1CC1(N)c1cc(OC)ncn1. The van der Waals surface area contributed by atoms with E-state index in [4.69, 9.17) is 10.5 Å². The first-order valence-corrected chi connectivity index (χ1v) is 4.86. The Hall–Kier alpha value is -1.16. The van der Waals surface area contributed by atoms with E-state index < -0.39 is 0 Å². The quantitative estimate of drug-likeness (QED) is 0.780. The maximum absolute atomic E-state index is 6.20. The van der Waals surface area contributed by atoms with Gasteiger partial charge < -0.3 is 10.5 Å². The second-order valence-corrected chi connectivity index (χ2v) is 3.80. The number of hydrogen-bond acceptors (Lipinski definition) is 4. The van der Waals surface area contributed by atoms with Gasteiger partial charge in [0.25, 0.3) is 0 Å². The Balaban J connectivity index is 2.25. The van der Waals surface area contributed by atoms with E-state index in [1.807, 2.05) is 6.07 Å². The largest absolute Gasteiger partial charge is 0.481 e. The molecule has 4 nitrogen and oxygen atoms in total. The normalized spacial score (nSPS) is 30.1. The molecule has 2 N–H and O–H groups in total. The number of nitrogens with zero attached hydrogens (tertiary/aromatic N) is 2. The summed E-state index contributed by atoms with van der Waals surface area (Å²) in [5.41, 5.74) is 6.87. The first-order valence-electron chi connectivity index (χ1n) is 4.86. The Bertz CT molecular complexity index is 342. The average Bonchev–Trinajstić information content (AvgIpc) is 2.92. The van der Waals surface area contributed by atoms with Crippen LogP contribution in [0.4, 0.5) is 0 Å². The molecule has 0 bridgehead atoms. The zero-order valence-corrected chi connectivity index (χ0v) is 8.53. The number of aromatic nitrogens is 2. The summed E-state index contributed by atoms with van der Waals surface area (Å²) in [5, 5.41) is 0. The maximum Gasteiger partial charge on any atom is 0.216 e. The minimum atomic E-state index is -0.231. The van der Waals surface area contributed by atoms with E-state index in [1.54, 1.807) is 7.11 Å². The molecule has 1 saturated carbocycles. The van der Waals surface area contributed by atoms with Gasteiger partial charge in [0.05, 0.1) is 18.3 Å². The molecule has 1 aromatic rings. The summed E-state index contributed by atoms with van der Waals surface area (Å²) in [4.78, 5) is 8.16. The van der Waals surface area contributed by atoms with Crippen LogP contribution in [0.5, 0.6) is 5.88 Å². The summed E-state index contributed by atoms with van der Waals surface area (Å²) in [7, 11) is 1.60. The number of methoxy groups -OCH3 is 1. The Morgan fingerprint density at radius 3 is 3.00 bits per heavy atom. The fraction of sp³-hybridized carbons (Fsp3) is 0.600. The lowest BCUT2D eigenvalue weighted by molar-refractivity contribution is 0.394. The van der Waals surface area contributed by atoms with Crippen molar-refractivity contribution in [3.8, 4) is 5.88 Å². The molecule has 0 aromatic carbocycles. The highest BCUT2D eigenvalue weighted by molar-refractivity contribution is 5.28. The van der Waals surface area contributed by atoms with E-state index in [1.165, 1.54) is 6.33 Å². The number of rotatable bonds is 3. The minimum Gasteiger partial charge on any atom is -0.481 e. The molecule has 2 unspecified atom stereocenters. The predicted octanol–water partition coefficient (Wildman–Crippen LogP) is 1.07. The lowest BCUT2D eigenvalue weighted by atomic mass is 10.1. The van der Waals surface area contributed by atoms with Gasteiger partial charge in [0, 0.05) is 6.07 Å². The molecule has 0 aliphatic heterocycles. The van der Waals surface area contributed by atoms with Crippen LogP contribution in [0.1, 0.15) is 25.5 Å². The van der Waals surface area contributed by atoms with Crippen molar-refractivity contribution >= 4 is 0 Å². The third kappa shape index (κ3) is 1.35. The van der Waals surface area contributed by atoms with Crippen molar-refractivity contribution in [3.05, 3.63) is 18.1 Å². The van der Waals surface area contributed by atoms with E-state index in [0.717, 1.165) is 18.5 Å². The highest BCUT2D eigenvalue weighted by Gasteiger charge is 2.52. The van der Waals surface area contributed by atoms with Crippen LogP contribution in [0.15, 0.2) is 12.4 Å². The summed E-state index contributed by atoms with van der Waals surface area (Å²) in [6, 6.07) is 1.83.